The topological polar surface area (TPSA) is 82.6 Å². The SMILES string of the molecule is CC(=O)N(c1ccccc1)c1nc(CN2C(=O)NC(c3ccccc3)(c3ccccc3)C2=O)cs1. The molecule has 1 N–H and O–H groups in total. The van der Waals surface area contributed by atoms with Gasteiger partial charge in [0.05, 0.1) is 17.9 Å². The Hall–Kier alpha value is -4.30. The first kappa shape index (κ1) is 22.5. The van der Waals surface area contributed by atoms with E-state index in [9.17, 15) is 14.4 Å². The summed E-state index contributed by atoms with van der Waals surface area (Å²) in [6, 6.07) is 27.2. The number of imide groups is 1. The standard InChI is InChI=1S/C27H22N4O3S/c1-19(32)31(23-15-9-4-10-16-23)26-28-22(18-35-26)17-30-24(33)27(29-25(30)34,20-11-5-2-6-12-20)21-13-7-3-8-14-21/h2-16,18H,17H2,1H3,(H,29,34). The summed E-state index contributed by atoms with van der Waals surface area (Å²) in [4.78, 5) is 46.6. The number of nitrogens with one attached hydrogen (secondary N) is 1. The molecule has 3 aromatic carbocycles. The van der Waals surface area contributed by atoms with Gasteiger partial charge in [-0.25, -0.2) is 9.78 Å². The van der Waals surface area contributed by atoms with Gasteiger partial charge in [0.1, 0.15) is 0 Å². The first-order valence-electron chi connectivity index (χ1n) is 11.1. The highest BCUT2D eigenvalue weighted by atomic mass is 32.1. The third-order valence-electron chi connectivity index (χ3n) is 5.90. The minimum absolute atomic E-state index is 0.0108. The van der Waals surface area contributed by atoms with Gasteiger partial charge in [-0.1, -0.05) is 78.9 Å². The third kappa shape index (κ3) is 3.98. The molecular formula is C27H22N4O3S. The molecule has 0 radical (unpaired) electrons. The van der Waals surface area contributed by atoms with Crippen LogP contribution < -0.4 is 10.2 Å². The summed E-state index contributed by atoms with van der Waals surface area (Å²) in [5.74, 6) is -0.555. The molecule has 174 valence electrons. The lowest BCUT2D eigenvalue weighted by Gasteiger charge is -2.28. The molecule has 8 heteroatoms. The molecule has 4 amide bonds. The van der Waals surface area contributed by atoms with Gasteiger partial charge < -0.3 is 5.32 Å². The minimum Gasteiger partial charge on any atom is -0.315 e. The van der Waals surface area contributed by atoms with Crippen molar-refractivity contribution in [1.82, 2.24) is 15.2 Å². The monoisotopic (exact) mass is 482 g/mol. The highest BCUT2D eigenvalue weighted by molar-refractivity contribution is 7.14. The number of benzene rings is 3. The molecule has 1 aliphatic heterocycles. The van der Waals surface area contributed by atoms with E-state index in [0.717, 1.165) is 0 Å². The van der Waals surface area contributed by atoms with Crippen molar-refractivity contribution in [2.45, 2.75) is 19.0 Å². The van der Waals surface area contributed by atoms with Gasteiger partial charge in [0.15, 0.2) is 10.7 Å². The highest BCUT2D eigenvalue weighted by Gasteiger charge is 2.53. The van der Waals surface area contributed by atoms with E-state index in [1.54, 1.807) is 5.38 Å². The van der Waals surface area contributed by atoms with Crippen molar-refractivity contribution >= 4 is 40.0 Å². The van der Waals surface area contributed by atoms with Crippen LogP contribution in [0.15, 0.2) is 96.4 Å². The number of anilines is 2. The maximum absolute atomic E-state index is 13.9. The lowest BCUT2D eigenvalue weighted by Crippen LogP contribution is -2.45. The molecule has 0 bridgehead atoms. The number of amides is 4. The van der Waals surface area contributed by atoms with Crippen LogP contribution in [0.1, 0.15) is 23.7 Å². The van der Waals surface area contributed by atoms with Crippen molar-refractivity contribution in [3.05, 3.63) is 113 Å². The second-order valence-electron chi connectivity index (χ2n) is 8.11. The zero-order valence-corrected chi connectivity index (χ0v) is 19.7. The lowest BCUT2D eigenvalue weighted by molar-refractivity contribution is -0.130. The van der Waals surface area contributed by atoms with Gasteiger partial charge in [-0.15, -0.1) is 11.3 Å². The zero-order chi connectivity index (χ0) is 24.4. The average molecular weight is 483 g/mol. The van der Waals surface area contributed by atoms with E-state index in [1.165, 1.54) is 28.1 Å². The van der Waals surface area contributed by atoms with Crippen LogP contribution in [0.2, 0.25) is 0 Å². The Labute approximate surface area is 206 Å². The van der Waals surface area contributed by atoms with Crippen molar-refractivity contribution in [2.24, 2.45) is 0 Å². The van der Waals surface area contributed by atoms with Gasteiger partial charge in [-0.2, -0.15) is 0 Å². The number of para-hydroxylation sites is 1. The van der Waals surface area contributed by atoms with E-state index in [0.29, 0.717) is 27.6 Å². The van der Waals surface area contributed by atoms with Crippen molar-refractivity contribution in [3.8, 4) is 0 Å². The molecule has 4 aromatic rings. The van der Waals surface area contributed by atoms with Crippen LogP contribution in [-0.2, 0) is 21.7 Å². The van der Waals surface area contributed by atoms with Gasteiger partial charge in [-0.3, -0.25) is 19.4 Å². The number of nitrogens with zero attached hydrogens (tertiary/aromatic N) is 3. The first-order chi connectivity index (χ1) is 17.0. The molecule has 0 atom stereocenters. The van der Waals surface area contributed by atoms with Gasteiger partial charge in [0, 0.05) is 12.3 Å². The van der Waals surface area contributed by atoms with E-state index in [-0.39, 0.29) is 18.4 Å². The van der Waals surface area contributed by atoms with Crippen LogP contribution in [-0.4, -0.2) is 27.7 Å². The average Bonchev–Trinajstić information content (AvgIpc) is 3.44. The second-order valence-corrected chi connectivity index (χ2v) is 8.95. The molecule has 35 heavy (non-hydrogen) atoms. The number of hydrogen-bond acceptors (Lipinski definition) is 5. The van der Waals surface area contributed by atoms with Gasteiger partial charge in [-0.05, 0) is 23.3 Å². The predicted molar refractivity (Wildman–Crippen MR) is 134 cm³/mol. The van der Waals surface area contributed by atoms with E-state index >= 15 is 0 Å². The van der Waals surface area contributed by atoms with E-state index in [2.05, 4.69) is 10.3 Å². The summed E-state index contributed by atoms with van der Waals surface area (Å²) in [6.07, 6.45) is 0. The second kappa shape index (κ2) is 9.15. The third-order valence-corrected chi connectivity index (χ3v) is 6.77. The maximum Gasteiger partial charge on any atom is 0.325 e. The Morgan fingerprint density at radius 3 is 2.00 bits per heavy atom. The Kier molecular flexibility index (Phi) is 5.88. The van der Waals surface area contributed by atoms with Crippen LogP contribution in [0, 0.1) is 0 Å². The molecule has 1 aliphatic rings. The summed E-state index contributed by atoms with van der Waals surface area (Å²) in [6.45, 7) is 1.46. The Bertz CT molecular complexity index is 1330. The van der Waals surface area contributed by atoms with Crippen LogP contribution in [0.5, 0.6) is 0 Å². The van der Waals surface area contributed by atoms with Crippen LogP contribution in [0.3, 0.4) is 0 Å². The molecule has 7 nitrogen and oxygen atoms in total. The van der Waals surface area contributed by atoms with Crippen molar-refractivity contribution in [1.29, 1.82) is 0 Å². The molecule has 1 saturated heterocycles. The Balaban J connectivity index is 1.48. The highest BCUT2D eigenvalue weighted by Crippen LogP contribution is 2.37. The largest absolute Gasteiger partial charge is 0.325 e. The quantitative estimate of drug-likeness (QED) is 0.399. The molecule has 0 aliphatic carbocycles. The summed E-state index contributed by atoms with van der Waals surface area (Å²) < 4.78 is 0. The summed E-state index contributed by atoms with van der Waals surface area (Å²) in [5.41, 5.74) is 1.25. The maximum atomic E-state index is 13.9. The summed E-state index contributed by atoms with van der Waals surface area (Å²) >= 11 is 1.28. The molecule has 1 fully saturated rings. The number of thiazole rings is 1. The van der Waals surface area contributed by atoms with Crippen LogP contribution >= 0.6 is 11.3 Å². The Morgan fingerprint density at radius 1 is 0.914 bits per heavy atom. The minimum atomic E-state index is -1.33. The predicted octanol–water partition coefficient (Wildman–Crippen LogP) is 4.82. The fourth-order valence-electron chi connectivity index (χ4n) is 4.29. The van der Waals surface area contributed by atoms with E-state index < -0.39 is 11.6 Å². The number of urea groups is 1. The Morgan fingerprint density at radius 2 is 1.46 bits per heavy atom. The molecule has 0 spiro atoms. The fraction of sp³-hybridized carbons (Fsp3) is 0.111. The summed E-state index contributed by atoms with van der Waals surface area (Å²) in [7, 11) is 0. The molecular weight excluding hydrogens is 460 g/mol. The smallest absolute Gasteiger partial charge is 0.315 e. The van der Waals surface area contributed by atoms with E-state index in [1.807, 2.05) is 91.0 Å². The van der Waals surface area contributed by atoms with Gasteiger partial charge >= 0.3 is 6.03 Å². The van der Waals surface area contributed by atoms with Gasteiger partial charge in [0.2, 0.25) is 5.91 Å². The lowest BCUT2D eigenvalue weighted by atomic mass is 9.82. The zero-order valence-electron chi connectivity index (χ0n) is 18.9. The van der Waals surface area contributed by atoms with Gasteiger partial charge in [0.25, 0.3) is 5.91 Å². The van der Waals surface area contributed by atoms with Crippen LogP contribution in [0.25, 0.3) is 0 Å². The van der Waals surface area contributed by atoms with Crippen molar-refractivity contribution in [3.63, 3.8) is 0 Å². The number of hydrogen-bond donors (Lipinski definition) is 1. The molecule has 5 rings (SSSR count). The van der Waals surface area contributed by atoms with Crippen LogP contribution in [0.4, 0.5) is 15.6 Å². The molecule has 0 saturated carbocycles. The number of carbonyl (C=O) groups excluding carboxylic acids is 3. The number of rotatable bonds is 6. The normalized spacial score (nSPS) is 14.6. The fourth-order valence-corrected chi connectivity index (χ4v) is 5.17. The molecule has 2 heterocycles. The van der Waals surface area contributed by atoms with Crippen molar-refractivity contribution in [2.75, 3.05) is 4.90 Å². The number of carbonyl (C=O) groups is 3. The number of aromatic nitrogens is 1. The summed E-state index contributed by atoms with van der Waals surface area (Å²) in [5, 5.41) is 5.18. The van der Waals surface area contributed by atoms with E-state index in [4.69, 9.17) is 0 Å². The first-order valence-corrected chi connectivity index (χ1v) is 11.9. The molecule has 0 unspecified atom stereocenters. The van der Waals surface area contributed by atoms with Crippen molar-refractivity contribution < 1.29 is 14.4 Å². The molecule has 1 aromatic heterocycles.